The van der Waals surface area contributed by atoms with Crippen LogP contribution in [-0.4, -0.2) is 29.0 Å². The Labute approximate surface area is 193 Å². The molecule has 0 bridgehead atoms. The summed E-state index contributed by atoms with van der Waals surface area (Å²) in [4.78, 5) is 35.0. The summed E-state index contributed by atoms with van der Waals surface area (Å²) in [6.07, 6.45) is 4.13. The second-order valence-electron chi connectivity index (χ2n) is 7.07. The maximum Gasteiger partial charge on any atom is 0.341 e. The third-order valence-corrected chi connectivity index (χ3v) is 7.49. The van der Waals surface area contributed by atoms with Crippen molar-refractivity contribution in [2.45, 2.75) is 37.1 Å². The molecule has 0 fully saturated rings. The summed E-state index contributed by atoms with van der Waals surface area (Å²) < 4.78 is 4.94. The number of nitrogens with zero attached hydrogens (tertiary/aromatic N) is 2. The first-order valence-corrected chi connectivity index (χ1v) is 11.9. The van der Waals surface area contributed by atoms with E-state index in [1.54, 1.807) is 0 Å². The average Bonchev–Trinajstić information content (AvgIpc) is 3.34. The molecule has 2 aromatic heterocycles. The summed E-state index contributed by atoms with van der Waals surface area (Å²) in [5.41, 5.74) is 3.84. The van der Waals surface area contributed by atoms with E-state index < -0.39 is 11.9 Å². The number of aromatic nitrogens is 2. The maximum absolute atomic E-state index is 13.0. The predicted molar refractivity (Wildman–Crippen MR) is 123 cm³/mol. The Hall–Kier alpha value is -2.42. The molecule has 6 nitrogen and oxygen atoms in total. The fraction of sp³-hybridized carbons (Fsp3) is 0.273. The molecule has 0 unspecified atom stereocenters. The van der Waals surface area contributed by atoms with Gasteiger partial charge in [-0.05, 0) is 42.9 Å². The zero-order chi connectivity index (χ0) is 22.0. The fourth-order valence-electron chi connectivity index (χ4n) is 3.47. The normalized spacial score (nSPS) is 12.5. The van der Waals surface area contributed by atoms with Crippen LogP contribution in [0.2, 0.25) is 5.02 Å². The number of hydrogen-bond donors (Lipinski definition) is 1. The largest absolute Gasteiger partial charge is 0.465 e. The second-order valence-corrected chi connectivity index (χ2v) is 9.53. The highest BCUT2D eigenvalue weighted by molar-refractivity contribution is 7.98. The van der Waals surface area contributed by atoms with Gasteiger partial charge in [0.15, 0.2) is 10.9 Å². The number of rotatable bonds is 6. The number of amides is 1. The van der Waals surface area contributed by atoms with Crippen LogP contribution in [0, 0.1) is 6.92 Å². The second kappa shape index (κ2) is 9.38. The Balaban J connectivity index is 1.55. The van der Waals surface area contributed by atoms with Crippen LogP contribution < -0.4 is 5.32 Å². The summed E-state index contributed by atoms with van der Waals surface area (Å²) in [7, 11) is 1.34. The van der Waals surface area contributed by atoms with Gasteiger partial charge in [0.2, 0.25) is 0 Å². The Bertz CT molecular complexity index is 1160. The van der Waals surface area contributed by atoms with Crippen molar-refractivity contribution in [1.82, 2.24) is 9.97 Å². The van der Waals surface area contributed by atoms with E-state index in [9.17, 15) is 9.59 Å². The SMILES string of the molecule is COC(=O)c1c(NC(=O)c2nc(SCc3ccccc3C)ncc2Cl)sc2c1CCC2. The monoisotopic (exact) mass is 473 g/mol. The van der Waals surface area contributed by atoms with Crippen LogP contribution in [0.25, 0.3) is 0 Å². The third-order valence-electron chi connectivity index (χ3n) is 5.09. The van der Waals surface area contributed by atoms with Crippen molar-refractivity contribution in [2.75, 3.05) is 12.4 Å². The number of carbonyl (C=O) groups is 2. The summed E-state index contributed by atoms with van der Waals surface area (Å²) >= 11 is 9.06. The van der Waals surface area contributed by atoms with Gasteiger partial charge in [-0.25, -0.2) is 14.8 Å². The summed E-state index contributed by atoms with van der Waals surface area (Å²) in [6.45, 7) is 2.05. The van der Waals surface area contributed by atoms with Crippen LogP contribution >= 0.6 is 34.7 Å². The average molecular weight is 474 g/mol. The Morgan fingerprint density at radius 2 is 2.10 bits per heavy atom. The van der Waals surface area contributed by atoms with Gasteiger partial charge < -0.3 is 10.1 Å². The van der Waals surface area contributed by atoms with Crippen molar-refractivity contribution < 1.29 is 14.3 Å². The quantitative estimate of drug-likeness (QED) is 0.296. The van der Waals surface area contributed by atoms with Crippen molar-refractivity contribution in [3.63, 3.8) is 0 Å². The number of benzene rings is 1. The lowest BCUT2D eigenvalue weighted by Crippen LogP contribution is -2.17. The van der Waals surface area contributed by atoms with Crippen LogP contribution in [0.4, 0.5) is 5.00 Å². The minimum absolute atomic E-state index is 0.0772. The van der Waals surface area contributed by atoms with E-state index in [0.717, 1.165) is 29.7 Å². The maximum atomic E-state index is 13.0. The molecule has 31 heavy (non-hydrogen) atoms. The van der Waals surface area contributed by atoms with Crippen LogP contribution in [-0.2, 0) is 23.3 Å². The van der Waals surface area contributed by atoms with E-state index in [1.165, 1.54) is 47.5 Å². The minimum Gasteiger partial charge on any atom is -0.465 e. The molecule has 0 spiro atoms. The predicted octanol–water partition coefficient (Wildman–Crippen LogP) is 5.32. The van der Waals surface area contributed by atoms with Crippen LogP contribution in [0.5, 0.6) is 0 Å². The number of nitrogens with one attached hydrogen (secondary N) is 1. The molecule has 9 heteroatoms. The molecule has 0 saturated carbocycles. The summed E-state index contributed by atoms with van der Waals surface area (Å²) in [5.74, 6) is -0.243. The van der Waals surface area contributed by atoms with Crippen molar-refractivity contribution in [2.24, 2.45) is 0 Å². The van der Waals surface area contributed by atoms with E-state index in [4.69, 9.17) is 16.3 Å². The number of ether oxygens (including phenoxy) is 1. The number of carbonyl (C=O) groups excluding carboxylic acids is 2. The number of hydrogen-bond acceptors (Lipinski definition) is 7. The standard InChI is InChI=1S/C22H20ClN3O3S2/c1-12-6-3-4-7-13(12)11-30-22-24-10-15(23)18(25-22)19(27)26-20-17(21(28)29-2)14-8-5-9-16(14)31-20/h3-4,6-7,10H,5,8-9,11H2,1-2H3,(H,26,27). The molecule has 1 aliphatic rings. The van der Waals surface area contributed by atoms with Gasteiger partial charge in [-0.15, -0.1) is 11.3 Å². The molecule has 0 radical (unpaired) electrons. The van der Waals surface area contributed by atoms with E-state index in [0.29, 0.717) is 21.5 Å². The molecule has 1 amide bonds. The number of methoxy groups -OCH3 is 1. The minimum atomic E-state index is -0.477. The van der Waals surface area contributed by atoms with Crippen molar-refractivity contribution in [1.29, 1.82) is 0 Å². The van der Waals surface area contributed by atoms with Gasteiger partial charge in [0.05, 0.1) is 23.9 Å². The first kappa shape index (κ1) is 21.8. The van der Waals surface area contributed by atoms with Crippen molar-refractivity contribution >= 4 is 51.6 Å². The molecule has 2 heterocycles. The highest BCUT2D eigenvalue weighted by Crippen LogP contribution is 2.39. The summed E-state index contributed by atoms with van der Waals surface area (Å²) in [6, 6.07) is 8.08. The lowest BCUT2D eigenvalue weighted by molar-refractivity contribution is 0.0601. The van der Waals surface area contributed by atoms with Gasteiger partial charge in [0.1, 0.15) is 5.00 Å². The van der Waals surface area contributed by atoms with Crippen molar-refractivity contribution in [3.05, 3.63) is 68.3 Å². The zero-order valence-corrected chi connectivity index (χ0v) is 19.4. The molecule has 0 saturated heterocycles. The zero-order valence-electron chi connectivity index (χ0n) is 17.0. The smallest absolute Gasteiger partial charge is 0.341 e. The molecule has 1 aliphatic carbocycles. The Morgan fingerprint density at radius 3 is 2.87 bits per heavy atom. The van der Waals surface area contributed by atoms with Crippen LogP contribution in [0.1, 0.15) is 48.8 Å². The number of aryl methyl sites for hydroxylation is 2. The lowest BCUT2D eigenvalue weighted by atomic mass is 10.1. The van der Waals surface area contributed by atoms with Gasteiger partial charge in [-0.2, -0.15) is 0 Å². The molecule has 1 N–H and O–H groups in total. The van der Waals surface area contributed by atoms with Crippen LogP contribution in [0.15, 0.2) is 35.6 Å². The lowest BCUT2D eigenvalue weighted by Gasteiger charge is -2.09. The molecular formula is C22H20ClN3O3S2. The topological polar surface area (TPSA) is 81.2 Å². The molecule has 0 atom stereocenters. The number of fused-ring (bicyclic) bond motifs is 1. The van der Waals surface area contributed by atoms with Gasteiger partial charge in [0, 0.05) is 10.6 Å². The molecule has 160 valence electrons. The molecule has 0 aliphatic heterocycles. The fourth-order valence-corrected chi connectivity index (χ4v) is 5.81. The number of thioether (sulfide) groups is 1. The molecule has 3 aromatic rings. The first-order chi connectivity index (χ1) is 15.0. The highest BCUT2D eigenvalue weighted by Gasteiger charge is 2.29. The van der Waals surface area contributed by atoms with E-state index in [-0.39, 0.29) is 10.7 Å². The van der Waals surface area contributed by atoms with Gasteiger partial charge in [0.25, 0.3) is 5.91 Å². The molecule has 4 rings (SSSR count). The number of thiophene rings is 1. The Morgan fingerprint density at radius 1 is 1.29 bits per heavy atom. The van der Waals surface area contributed by atoms with E-state index in [1.807, 2.05) is 12.1 Å². The summed E-state index contributed by atoms with van der Waals surface area (Å²) in [5, 5.41) is 3.91. The Kier molecular flexibility index (Phi) is 6.60. The molecular weight excluding hydrogens is 454 g/mol. The number of halogens is 1. The van der Waals surface area contributed by atoms with Crippen LogP contribution in [0.3, 0.4) is 0 Å². The van der Waals surface area contributed by atoms with E-state index in [2.05, 4.69) is 34.3 Å². The highest BCUT2D eigenvalue weighted by atomic mass is 35.5. The third kappa shape index (κ3) is 4.61. The van der Waals surface area contributed by atoms with Gasteiger partial charge >= 0.3 is 5.97 Å². The number of anilines is 1. The van der Waals surface area contributed by atoms with Gasteiger partial charge in [-0.3, -0.25) is 4.79 Å². The van der Waals surface area contributed by atoms with E-state index >= 15 is 0 Å². The first-order valence-electron chi connectivity index (χ1n) is 9.72. The molecule has 1 aromatic carbocycles. The van der Waals surface area contributed by atoms with Crippen molar-refractivity contribution in [3.8, 4) is 0 Å². The van der Waals surface area contributed by atoms with Gasteiger partial charge in [-0.1, -0.05) is 47.6 Å². The number of esters is 1.